The number of hydrogen-bond donors (Lipinski definition) is 2. The summed E-state index contributed by atoms with van der Waals surface area (Å²) in [6.07, 6.45) is 0.923. The van der Waals surface area contributed by atoms with Gasteiger partial charge in [-0.25, -0.2) is 0 Å². The Morgan fingerprint density at radius 3 is 2.94 bits per heavy atom. The lowest BCUT2D eigenvalue weighted by Gasteiger charge is -2.10. The van der Waals surface area contributed by atoms with Gasteiger partial charge in [-0.05, 0) is 31.0 Å². The molecule has 1 aromatic rings. The molecule has 0 aliphatic heterocycles. The van der Waals surface area contributed by atoms with Crippen LogP contribution < -0.4 is 15.8 Å². The first-order valence-corrected chi connectivity index (χ1v) is 5.88. The minimum atomic E-state index is -0.0990. The van der Waals surface area contributed by atoms with Gasteiger partial charge in [0.1, 0.15) is 5.75 Å². The summed E-state index contributed by atoms with van der Waals surface area (Å²) in [6.45, 7) is 4.64. The van der Waals surface area contributed by atoms with Crippen molar-refractivity contribution in [2.24, 2.45) is 5.73 Å². The average molecular weight is 236 g/mol. The summed E-state index contributed by atoms with van der Waals surface area (Å²) >= 11 is 0. The molecule has 17 heavy (non-hydrogen) atoms. The molecule has 1 rings (SSSR count). The van der Waals surface area contributed by atoms with Crippen LogP contribution >= 0.6 is 0 Å². The topological polar surface area (TPSA) is 64.3 Å². The van der Waals surface area contributed by atoms with Gasteiger partial charge in [0.25, 0.3) is 5.91 Å². The normalized spacial score (nSPS) is 11.9. The minimum Gasteiger partial charge on any atom is -0.484 e. The third-order valence-electron chi connectivity index (χ3n) is 2.33. The van der Waals surface area contributed by atoms with E-state index in [1.807, 2.05) is 38.1 Å². The first kappa shape index (κ1) is 13.5. The Morgan fingerprint density at radius 1 is 1.53 bits per heavy atom. The molecule has 0 aliphatic rings. The minimum absolute atomic E-state index is 0.0348. The van der Waals surface area contributed by atoms with Crippen LogP contribution in [0.3, 0.4) is 0 Å². The lowest BCUT2D eigenvalue weighted by atomic mass is 10.1. The molecule has 0 aromatic heterocycles. The molecular weight excluding hydrogens is 216 g/mol. The second-order valence-electron chi connectivity index (χ2n) is 4.00. The highest BCUT2D eigenvalue weighted by atomic mass is 16.5. The van der Waals surface area contributed by atoms with Crippen molar-refractivity contribution in [2.45, 2.75) is 26.3 Å². The lowest BCUT2D eigenvalue weighted by Crippen LogP contribution is -2.29. The van der Waals surface area contributed by atoms with E-state index in [0.29, 0.717) is 12.3 Å². The zero-order valence-corrected chi connectivity index (χ0v) is 10.4. The molecule has 1 amide bonds. The van der Waals surface area contributed by atoms with E-state index < -0.39 is 0 Å². The monoisotopic (exact) mass is 236 g/mol. The first-order valence-electron chi connectivity index (χ1n) is 5.88. The summed E-state index contributed by atoms with van der Waals surface area (Å²) in [6, 6.07) is 7.45. The van der Waals surface area contributed by atoms with E-state index in [9.17, 15) is 4.79 Å². The van der Waals surface area contributed by atoms with Crippen LogP contribution in [0.15, 0.2) is 24.3 Å². The first-order chi connectivity index (χ1) is 8.13. The fourth-order valence-corrected chi connectivity index (χ4v) is 1.35. The fraction of sp³-hybridized carbons (Fsp3) is 0.462. The summed E-state index contributed by atoms with van der Waals surface area (Å²) in [5, 5.41) is 2.75. The number of amides is 1. The van der Waals surface area contributed by atoms with E-state index >= 15 is 0 Å². The van der Waals surface area contributed by atoms with Crippen LogP contribution in [0.2, 0.25) is 0 Å². The summed E-state index contributed by atoms with van der Waals surface area (Å²) in [5.74, 6) is 0.574. The number of nitrogens with one attached hydrogen (secondary N) is 1. The lowest BCUT2D eigenvalue weighted by molar-refractivity contribution is -0.123. The fourth-order valence-electron chi connectivity index (χ4n) is 1.35. The highest BCUT2D eigenvalue weighted by molar-refractivity contribution is 5.77. The predicted octanol–water partition coefficient (Wildman–Crippen LogP) is 1.61. The van der Waals surface area contributed by atoms with Gasteiger partial charge in [0, 0.05) is 12.6 Å². The van der Waals surface area contributed by atoms with Gasteiger partial charge in [-0.15, -0.1) is 0 Å². The Hall–Kier alpha value is -1.55. The molecule has 0 radical (unpaired) electrons. The molecule has 0 unspecified atom stereocenters. The molecule has 0 fully saturated rings. The van der Waals surface area contributed by atoms with Gasteiger partial charge in [-0.1, -0.05) is 19.1 Å². The number of nitrogens with two attached hydrogens (primary N) is 1. The van der Waals surface area contributed by atoms with Crippen molar-refractivity contribution in [1.82, 2.24) is 5.32 Å². The smallest absolute Gasteiger partial charge is 0.257 e. The molecule has 94 valence electrons. The molecule has 0 saturated carbocycles. The van der Waals surface area contributed by atoms with Gasteiger partial charge in [-0.2, -0.15) is 0 Å². The van der Waals surface area contributed by atoms with Crippen molar-refractivity contribution in [3.05, 3.63) is 29.8 Å². The highest BCUT2D eigenvalue weighted by Crippen LogP contribution is 2.17. The average Bonchev–Trinajstić information content (AvgIpc) is 2.34. The highest BCUT2D eigenvalue weighted by Gasteiger charge is 2.04. The molecule has 4 heteroatoms. The molecule has 0 saturated heterocycles. The Bertz CT molecular complexity index is 364. The van der Waals surface area contributed by atoms with Crippen LogP contribution in [0, 0.1) is 0 Å². The van der Waals surface area contributed by atoms with Crippen LogP contribution in [0.5, 0.6) is 5.75 Å². The Labute approximate surface area is 102 Å². The van der Waals surface area contributed by atoms with Crippen LogP contribution in [0.4, 0.5) is 0 Å². The van der Waals surface area contributed by atoms with Gasteiger partial charge in [0.2, 0.25) is 0 Å². The number of ether oxygens (including phenoxy) is 1. The van der Waals surface area contributed by atoms with Crippen molar-refractivity contribution >= 4 is 5.91 Å². The van der Waals surface area contributed by atoms with E-state index in [1.165, 1.54) is 0 Å². The molecular formula is C13H20N2O2. The Morgan fingerprint density at radius 2 is 2.29 bits per heavy atom. The predicted molar refractivity (Wildman–Crippen MR) is 67.8 cm³/mol. The van der Waals surface area contributed by atoms with Crippen LogP contribution in [0.25, 0.3) is 0 Å². The number of hydrogen-bond acceptors (Lipinski definition) is 3. The molecule has 1 atom stereocenters. The summed E-state index contributed by atoms with van der Waals surface area (Å²) in [5.41, 5.74) is 6.77. The number of rotatable bonds is 6. The van der Waals surface area contributed by atoms with Crippen molar-refractivity contribution in [3.63, 3.8) is 0 Å². The molecule has 0 heterocycles. The maximum atomic E-state index is 11.3. The van der Waals surface area contributed by atoms with Gasteiger partial charge >= 0.3 is 0 Å². The second kappa shape index (κ2) is 6.91. The Kier molecular flexibility index (Phi) is 5.49. The van der Waals surface area contributed by atoms with E-state index in [1.54, 1.807) is 0 Å². The van der Waals surface area contributed by atoms with E-state index in [0.717, 1.165) is 12.0 Å². The molecule has 0 spiro atoms. The van der Waals surface area contributed by atoms with Gasteiger partial charge in [0.05, 0.1) is 0 Å². The van der Waals surface area contributed by atoms with Gasteiger partial charge in [-0.3, -0.25) is 4.79 Å². The zero-order chi connectivity index (χ0) is 12.7. The molecule has 0 aliphatic carbocycles. The van der Waals surface area contributed by atoms with Crippen LogP contribution in [-0.2, 0) is 4.79 Å². The molecule has 3 N–H and O–H groups in total. The van der Waals surface area contributed by atoms with Crippen molar-refractivity contribution < 1.29 is 9.53 Å². The molecule has 1 aromatic carbocycles. The van der Waals surface area contributed by atoms with Gasteiger partial charge < -0.3 is 15.8 Å². The summed E-state index contributed by atoms with van der Waals surface area (Å²) < 4.78 is 5.39. The van der Waals surface area contributed by atoms with Crippen molar-refractivity contribution in [3.8, 4) is 5.75 Å². The quantitative estimate of drug-likeness (QED) is 0.788. The van der Waals surface area contributed by atoms with E-state index in [4.69, 9.17) is 10.5 Å². The van der Waals surface area contributed by atoms with E-state index in [-0.39, 0.29) is 18.6 Å². The molecule has 4 nitrogen and oxygen atoms in total. The largest absolute Gasteiger partial charge is 0.484 e. The maximum absolute atomic E-state index is 11.3. The standard InChI is InChI=1S/C13H20N2O2/c1-3-7-15-13(16)9-17-12-6-4-5-11(8-12)10(2)14/h4-6,8,10H,3,7,9,14H2,1-2H3,(H,15,16)/t10-/m1/s1. The molecule has 0 bridgehead atoms. The number of carbonyl (C=O) groups excluding carboxylic acids is 1. The zero-order valence-electron chi connectivity index (χ0n) is 10.4. The number of carbonyl (C=O) groups is 1. The number of benzene rings is 1. The van der Waals surface area contributed by atoms with Crippen LogP contribution in [0.1, 0.15) is 31.9 Å². The maximum Gasteiger partial charge on any atom is 0.257 e. The third kappa shape index (κ3) is 4.87. The van der Waals surface area contributed by atoms with Crippen molar-refractivity contribution in [2.75, 3.05) is 13.2 Å². The van der Waals surface area contributed by atoms with Crippen molar-refractivity contribution in [1.29, 1.82) is 0 Å². The third-order valence-corrected chi connectivity index (χ3v) is 2.33. The Balaban J connectivity index is 2.46. The second-order valence-corrected chi connectivity index (χ2v) is 4.00. The SMILES string of the molecule is CCCNC(=O)COc1cccc([C@@H](C)N)c1. The summed E-state index contributed by atoms with van der Waals surface area (Å²) in [7, 11) is 0. The van der Waals surface area contributed by atoms with E-state index in [2.05, 4.69) is 5.32 Å². The summed E-state index contributed by atoms with van der Waals surface area (Å²) in [4.78, 5) is 11.3. The van der Waals surface area contributed by atoms with Gasteiger partial charge in [0.15, 0.2) is 6.61 Å². The van der Waals surface area contributed by atoms with Crippen LogP contribution in [-0.4, -0.2) is 19.1 Å².